The highest BCUT2D eigenvalue weighted by Gasteiger charge is 2.25. The first-order valence-corrected chi connectivity index (χ1v) is 8.00. The van der Waals surface area contributed by atoms with Crippen LogP contribution in [0.2, 0.25) is 0 Å². The molecule has 1 aliphatic heterocycles. The number of carbonyl (C=O) groups excluding carboxylic acids is 1. The van der Waals surface area contributed by atoms with Gasteiger partial charge in [-0.1, -0.05) is 18.2 Å². The van der Waals surface area contributed by atoms with Gasteiger partial charge in [0.15, 0.2) is 9.84 Å². The van der Waals surface area contributed by atoms with Gasteiger partial charge in [-0.15, -0.1) is 0 Å². The molecule has 2 rings (SSSR count). The van der Waals surface area contributed by atoms with Crippen LogP contribution in [0.5, 0.6) is 0 Å². The topological polar surface area (TPSA) is 91.8 Å². The molecule has 1 aromatic rings. The molecular formula is C13H15NO5S. The van der Waals surface area contributed by atoms with Crippen molar-refractivity contribution in [2.75, 3.05) is 24.6 Å². The largest absolute Gasteiger partial charge is 0.478 e. The molecule has 1 fully saturated rings. The van der Waals surface area contributed by atoms with Crippen molar-refractivity contribution in [1.29, 1.82) is 0 Å². The summed E-state index contributed by atoms with van der Waals surface area (Å²) < 4.78 is 22.6. The smallest absolute Gasteiger partial charge is 0.335 e. The van der Waals surface area contributed by atoms with Gasteiger partial charge in [-0.05, 0) is 11.6 Å². The number of hydrogen-bond donors (Lipinski definition) is 1. The lowest BCUT2D eigenvalue weighted by atomic mass is 10.0. The van der Waals surface area contributed by atoms with Crippen molar-refractivity contribution >= 4 is 21.7 Å². The Balaban J connectivity index is 2.08. The molecule has 0 bridgehead atoms. The molecule has 6 nitrogen and oxygen atoms in total. The first kappa shape index (κ1) is 14.5. The van der Waals surface area contributed by atoms with E-state index in [4.69, 9.17) is 5.11 Å². The van der Waals surface area contributed by atoms with Crippen LogP contribution < -0.4 is 0 Å². The van der Waals surface area contributed by atoms with E-state index >= 15 is 0 Å². The molecule has 0 radical (unpaired) electrons. The minimum atomic E-state index is -3.03. The second kappa shape index (κ2) is 5.62. The lowest BCUT2D eigenvalue weighted by Gasteiger charge is -2.27. The van der Waals surface area contributed by atoms with Crippen molar-refractivity contribution < 1.29 is 23.1 Å². The zero-order chi connectivity index (χ0) is 14.8. The first-order valence-electron chi connectivity index (χ1n) is 6.18. The number of sulfone groups is 1. The molecule has 1 amide bonds. The lowest BCUT2D eigenvalue weighted by molar-refractivity contribution is -0.130. The van der Waals surface area contributed by atoms with E-state index in [0.29, 0.717) is 5.56 Å². The third-order valence-corrected chi connectivity index (χ3v) is 4.90. The molecule has 0 saturated carbocycles. The molecule has 1 aliphatic rings. The number of carboxylic acid groups (broad SMARTS) is 1. The third-order valence-electron chi connectivity index (χ3n) is 3.29. The highest BCUT2D eigenvalue weighted by Crippen LogP contribution is 2.12. The van der Waals surface area contributed by atoms with E-state index in [1.54, 1.807) is 18.2 Å². The maximum atomic E-state index is 12.1. The van der Waals surface area contributed by atoms with Crippen LogP contribution in [0.4, 0.5) is 0 Å². The second-order valence-electron chi connectivity index (χ2n) is 4.67. The van der Waals surface area contributed by atoms with Crippen LogP contribution in [-0.4, -0.2) is 54.9 Å². The van der Waals surface area contributed by atoms with Gasteiger partial charge in [0.1, 0.15) is 0 Å². The number of aromatic carboxylic acids is 1. The highest BCUT2D eigenvalue weighted by atomic mass is 32.2. The van der Waals surface area contributed by atoms with Gasteiger partial charge in [0.25, 0.3) is 0 Å². The van der Waals surface area contributed by atoms with E-state index in [2.05, 4.69) is 0 Å². The Morgan fingerprint density at radius 1 is 1.15 bits per heavy atom. The zero-order valence-corrected chi connectivity index (χ0v) is 11.6. The fraction of sp³-hybridized carbons (Fsp3) is 0.385. The van der Waals surface area contributed by atoms with Gasteiger partial charge in [0.2, 0.25) is 5.91 Å². The van der Waals surface area contributed by atoms with E-state index in [1.807, 2.05) is 0 Å². The summed E-state index contributed by atoms with van der Waals surface area (Å²) in [6, 6.07) is 6.33. The molecule has 0 aromatic heterocycles. The minimum absolute atomic E-state index is 0.0253. The monoisotopic (exact) mass is 297 g/mol. The summed E-state index contributed by atoms with van der Waals surface area (Å²) in [6.07, 6.45) is -0.0253. The number of hydrogen-bond acceptors (Lipinski definition) is 4. The van der Waals surface area contributed by atoms with Crippen LogP contribution in [0.3, 0.4) is 0 Å². The Bertz CT molecular complexity index is 624. The van der Waals surface area contributed by atoms with Gasteiger partial charge in [0, 0.05) is 13.1 Å². The van der Waals surface area contributed by atoms with Crippen LogP contribution in [0.25, 0.3) is 0 Å². The number of amides is 1. The Labute approximate surface area is 116 Å². The number of rotatable bonds is 3. The Kier molecular flexibility index (Phi) is 4.08. The van der Waals surface area contributed by atoms with E-state index in [1.165, 1.54) is 11.0 Å². The molecule has 7 heteroatoms. The molecule has 0 aliphatic carbocycles. The Hall–Kier alpha value is -1.89. The van der Waals surface area contributed by atoms with Crippen molar-refractivity contribution in [2.45, 2.75) is 6.42 Å². The van der Waals surface area contributed by atoms with Crippen LogP contribution in [0, 0.1) is 0 Å². The van der Waals surface area contributed by atoms with E-state index in [-0.39, 0.29) is 42.5 Å². The second-order valence-corrected chi connectivity index (χ2v) is 6.98. The normalized spacial score (nSPS) is 17.7. The molecular weight excluding hydrogens is 282 g/mol. The fourth-order valence-electron chi connectivity index (χ4n) is 2.12. The Morgan fingerprint density at radius 2 is 1.75 bits per heavy atom. The van der Waals surface area contributed by atoms with Gasteiger partial charge < -0.3 is 10.0 Å². The maximum absolute atomic E-state index is 12.1. The molecule has 108 valence electrons. The zero-order valence-electron chi connectivity index (χ0n) is 10.8. The van der Waals surface area contributed by atoms with Crippen molar-refractivity contribution in [2.24, 2.45) is 0 Å². The molecule has 1 N–H and O–H groups in total. The van der Waals surface area contributed by atoms with E-state index in [9.17, 15) is 18.0 Å². The van der Waals surface area contributed by atoms with Gasteiger partial charge in [-0.3, -0.25) is 4.79 Å². The van der Waals surface area contributed by atoms with Crippen LogP contribution >= 0.6 is 0 Å². The lowest BCUT2D eigenvalue weighted by Crippen LogP contribution is -2.44. The van der Waals surface area contributed by atoms with Crippen molar-refractivity contribution in [1.82, 2.24) is 4.90 Å². The summed E-state index contributed by atoms with van der Waals surface area (Å²) in [5, 5.41) is 9.05. The summed E-state index contributed by atoms with van der Waals surface area (Å²) in [5.41, 5.74) is 0.545. The Morgan fingerprint density at radius 3 is 2.35 bits per heavy atom. The van der Waals surface area contributed by atoms with E-state index < -0.39 is 15.8 Å². The number of benzene rings is 1. The highest BCUT2D eigenvalue weighted by molar-refractivity contribution is 7.91. The SMILES string of the molecule is O=C(O)c1ccccc1CC(=O)N1CCS(=O)(=O)CC1. The number of nitrogens with zero attached hydrogens (tertiary/aromatic N) is 1. The average Bonchev–Trinajstić information content (AvgIpc) is 2.38. The molecule has 1 aromatic carbocycles. The number of carbonyl (C=O) groups is 2. The summed E-state index contributed by atoms with van der Waals surface area (Å²) in [7, 11) is -3.03. The molecule has 0 unspecified atom stereocenters. The van der Waals surface area contributed by atoms with Gasteiger partial charge in [-0.2, -0.15) is 0 Å². The molecule has 1 heterocycles. The molecule has 20 heavy (non-hydrogen) atoms. The van der Waals surface area contributed by atoms with Gasteiger partial charge in [0.05, 0.1) is 23.5 Å². The third kappa shape index (κ3) is 3.36. The van der Waals surface area contributed by atoms with Gasteiger partial charge >= 0.3 is 5.97 Å². The van der Waals surface area contributed by atoms with Crippen LogP contribution in [0.15, 0.2) is 24.3 Å². The summed E-state index contributed by atoms with van der Waals surface area (Å²) in [4.78, 5) is 24.6. The van der Waals surface area contributed by atoms with E-state index in [0.717, 1.165) is 0 Å². The van der Waals surface area contributed by atoms with Crippen LogP contribution in [0.1, 0.15) is 15.9 Å². The van der Waals surface area contributed by atoms with Crippen molar-refractivity contribution in [3.63, 3.8) is 0 Å². The van der Waals surface area contributed by atoms with Crippen LogP contribution in [-0.2, 0) is 21.1 Å². The minimum Gasteiger partial charge on any atom is -0.478 e. The number of carboxylic acids is 1. The molecule has 1 saturated heterocycles. The summed E-state index contributed by atoms with van der Waals surface area (Å²) in [6.45, 7) is 0.354. The predicted octanol–water partition coefficient (Wildman–Crippen LogP) is 0.184. The maximum Gasteiger partial charge on any atom is 0.335 e. The van der Waals surface area contributed by atoms with Gasteiger partial charge in [-0.25, -0.2) is 13.2 Å². The predicted molar refractivity (Wildman–Crippen MR) is 72.3 cm³/mol. The van der Waals surface area contributed by atoms with Crippen molar-refractivity contribution in [3.8, 4) is 0 Å². The molecule has 0 spiro atoms. The first-order chi connectivity index (χ1) is 9.39. The fourth-order valence-corrected chi connectivity index (χ4v) is 3.32. The quantitative estimate of drug-likeness (QED) is 0.859. The standard InChI is InChI=1S/C13H15NO5S/c15-12(14-5-7-20(18,19)8-6-14)9-10-3-1-2-4-11(10)13(16)17/h1-4H,5-9H2,(H,16,17). The summed E-state index contributed by atoms with van der Waals surface area (Å²) >= 11 is 0. The molecule has 0 atom stereocenters. The average molecular weight is 297 g/mol. The summed E-state index contributed by atoms with van der Waals surface area (Å²) in [5.74, 6) is -1.37. The van der Waals surface area contributed by atoms with Crippen molar-refractivity contribution in [3.05, 3.63) is 35.4 Å².